The van der Waals surface area contributed by atoms with Crippen molar-refractivity contribution in [2.75, 3.05) is 37.7 Å². The molecule has 2 aliphatic rings. The van der Waals surface area contributed by atoms with Gasteiger partial charge in [0.15, 0.2) is 0 Å². The van der Waals surface area contributed by atoms with Crippen molar-refractivity contribution in [1.29, 1.82) is 0 Å². The zero-order valence-corrected chi connectivity index (χ0v) is 14.8. The maximum absolute atomic E-state index is 14.0. The van der Waals surface area contributed by atoms with Gasteiger partial charge in [-0.15, -0.1) is 0 Å². The molecule has 2 heterocycles. The van der Waals surface area contributed by atoms with E-state index in [4.69, 9.17) is 4.74 Å². The van der Waals surface area contributed by atoms with Crippen molar-refractivity contribution in [2.45, 2.75) is 19.0 Å². The van der Waals surface area contributed by atoms with E-state index in [1.807, 2.05) is 24.3 Å². The van der Waals surface area contributed by atoms with Gasteiger partial charge in [-0.3, -0.25) is 4.90 Å². The number of hydrogen-bond acceptors (Lipinski definition) is 3. The third-order valence-corrected chi connectivity index (χ3v) is 5.50. The van der Waals surface area contributed by atoms with Gasteiger partial charge in [-0.1, -0.05) is 18.2 Å². The highest BCUT2D eigenvalue weighted by atomic mass is 19.1. The summed E-state index contributed by atoms with van der Waals surface area (Å²) in [4.78, 5) is 4.68. The zero-order chi connectivity index (χ0) is 17.9. The van der Waals surface area contributed by atoms with Crippen LogP contribution in [0.1, 0.15) is 12.0 Å². The standard InChI is InChI=1S/C21H24F2N2O/c22-18-5-7-19(8-6-18)25-11-12-26-15-17-14-24(10-9-21(17)25)13-16-3-1-2-4-20(16)23/h1-8,17,21H,9-15H2/t17-,21+/m1/s1. The smallest absolute Gasteiger partial charge is 0.127 e. The van der Waals surface area contributed by atoms with Gasteiger partial charge in [0.25, 0.3) is 0 Å². The molecule has 0 N–H and O–H groups in total. The predicted molar refractivity (Wildman–Crippen MR) is 98.1 cm³/mol. The third kappa shape index (κ3) is 3.74. The minimum absolute atomic E-state index is 0.139. The van der Waals surface area contributed by atoms with E-state index in [9.17, 15) is 8.78 Å². The summed E-state index contributed by atoms with van der Waals surface area (Å²) in [5, 5.41) is 0. The molecule has 0 aromatic heterocycles. The molecule has 2 saturated heterocycles. The Morgan fingerprint density at radius 1 is 1.00 bits per heavy atom. The molecule has 2 aliphatic heterocycles. The van der Waals surface area contributed by atoms with Crippen molar-refractivity contribution < 1.29 is 13.5 Å². The van der Waals surface area contributed by atoms with E-state index >= 15 is 0 Å². The van der Waals surface area contributed by atoms with Crippen molar-refractivity contribution in [3.63, 3.8) is 0 Å². The van der Waals surface area contributed by atoms with Crippen molar-refractivity contribution >= 4 is 5.69 Å². The van der Waals surface area contributed by atoms with Gasteiger partial charge in [0.1, 0.15) is 11.6 Å². The number of fused-ring (bicyclic) bond motifs is 1. The van der Waals surface area contributed by atoms with E-state index in [1.54, 1.807) is 6.07 Å². The summed E-state index contributed by atoms with van der Waals surface area (Å²) < 4.78 is 33.1. The average Bonchev–Trinajstić information content (AvgIpc) is 2.86. The Morgan fingerprint density at radius 3 is 2.62 bits per heavy atom. The number of benzene rings is 2. The van der Waals surface area contributed by atoms with Crippen molar-refractivity contribution in [2.24, 2.45) is 5.92 Å². The largest absolute Gasteiger partial charge is 0.379 e. The SMILES string of the molecule is Fc1ccc(N2CCOC[C@H]3CN(Cc4ccccc4F)CC[C@@H]32)cc1. The summed E-state index contributed by atoms with van der Waals surface area (Å²) in [5.74, 6) is 0.0128. The molecule has 0 aliphatic carbocycles. The van der Waals surface area contributed by atoms with Crippen LogP contribution in [0.4, 0.5) is 14.5 Å². The highest BCUT2D eigenvalue weighted by Crippen LogP contribution is 2.30. The summed E-state index contributed by atoms with van der Waals surface area (Å²) in [6.07, 6.45) is 1.000. The monoisotopic (exact) mass is 358 g/mol. The molecule has 0 spiro atoms. The fourth-order valence-corrected chi connectivity index (χ4v) is 4.20. The molecular weight excluding hydrogens is 334 g/mol. The second kappa shape index (κ2) is 7.72. The van der Waals surface area contributed by atoms with Gasteiger partial charge < -0.3 is 9.64 Å². The Balaban J connectivity index is 1.48. The number of hydrogen-bond donors (Lipinski definition) is 0. The lowest BCUT2D eigenvalue weighted by Crippen LogP contribution is -2.51. The van der Waals surface area contributed by atoms with Crippen LogP contribution in [0.5, 0.6) is 0 Å². The van der Waals surface area contributed by atoms with Crippen LogP contribution in [0.25, 0.3) is 0 Å². The quantitative estimate of drug-likeness (QED) is 0.832. The second-order valence-electron chi connectivity index (χ2n) is 7.19. The maximum atomic E-state index is 14.0. The van der Waals surface area contributed by atoms with Gasteiger partial charge in [0, 0.05) is 49.4 Å². The van der Waals surface area contributed by atoms with Crippen molar-refractivity contribution in [3.8, 4) is 0 Å². The molecule has 26 heavy (non-hydrogen) atoms. The summed E-state index contributed by atoms with van der Waals surface area (Å²) in [6, 6.07) is 14.1. The molecule has 138 valence electrons. The number of nitrogens with zero attached hydrogens (tertiary/aromatic N) is 2. The van der Waals surface area contributed by atoms with Crippen molar-refractivity contribution in [3.05, 3.63) is 65.7 Å². The van der Waals surface area contributed by atoms with E-state index < -0.39 is 0 Å². The van der Waals surface area contributed by atoms with Gasteiger partial charge in [-0.05, 0) is 36.8 Å². The van der Waals surface area contributed by atoms with E-state index in [-0.39, 0.29) is 11.6 Å². The Morgan fingerprint density at radius 2 is 1.81 bits per heavy atom. The minimum atomic E-state index is -0.212. The number of likely N-dealkylation sites (tertiary alicyclic amines) is 1. The van der Waals surface area contributed by atoms with Crippen LogP contribution in [0.15, 0.2) is 48.5 Å². The van der Waals surface area contributed by atoms with Crippen LogP contribution in [-0.2, 0) is 11.3 Å². The van der Waals surface area contributed by atoms with Gasteiger partial charge in [-0.25, -0.2) is 8.78 Å². The summed E-state index contributed by atoms with van der Waals surface area (Å²) in [5.41, 5.74) is 1.80. The number of rotatable bonds is 3. The van der Waals surface area contributed by atoms with E-state index in [1.165, 1.54) is 18.2 Å². The average molecular weight is 358 g/mol. The highest BCUT2D eigenvalue weighted by Gasteiger charge is 2.35. The van der Waals surface area contributed by atoms with Gasteiger partial charge in [0.2, 0.25) is 0 Å². The highest BCUT2D eigenvalue weighted by molar-refractivity contribution is 5.48. The normalized spacial score (nSPS) is 24.2. The van der Waals surface area contributed by atoms with E-state index in [0.717, 1.165) is 43.9 Å². The molecule has 3 nitrogen and oxygen atoms in total. The van der Waals surface area contributed by atoms with E-state index in [2.05, 4.69) is 9.80 Å². The summed E-state index contributed by atoms with van der Waals surface area (Å²) in [6.45, 7) is 4.66. The van der Waals surface area contributed by atoms with Gasteiger partial charge in [0.05, 0.1) is 13.2 Å². The molecule has 0 amide bonds. The molecule has 0 saturated carbocycles. The minimum Gasteiger partial charge on any atom is -0.379 e. The van der Waals surface area contributed by atoms with Gasteiger partial charge in [-0.2, -0.15) is 0 Å². The van der Waals surface area contributed by atoms with Gasteiger partial charge >= 0.3 is 0 Å². The molecule has 0 bridgehead atoms. The number of halogens is 2. The first-order chi connectivity index (χ1) is 12.7. The molecule has 5 heteroatoms. The molecule has 0 radical (unpaired) electrons. The lowest BCUT2D eigenvalue weighted by atomic mass is 9.90. The lowest BCUT2D eigenvalue weighted by Gasteiger charge is -2.43. The summed E-state index contributed by atoms with van der Waals surface area (Å²) >= 11 is 0. The Bertz CT molecular complexity index is 737. The molecular formula is C21H24F2N2O. The second-order valence-corrected chi connectivity index (χ2v) is 7.19. The molecule has 2 aromatic carbocycles. The van der Waals surface area contributed by atoms with Crippen LogP contribution in [0.2, 0.25) is 0 Å². The molecule has 2 fully saturated rings. The number of anilines is 1. The first-order valence-electron chi connectivity index (χ1n) is 9.26. The Hall–Kier alpha value is -1.98. The van der Waals surface area contributed by atoms with Crippen LogP contribution in [-0.4, -0.2) is 43.8 Å². The maximum Gasteiger partial charge on any atom is 0.127 e. The molecule has 2 aromatic rings. The van der Waals surface area contributed by atoms with Crippen LogP contribution in [0.3, 0.4) is 0 Å². The van der Waals surface area contributed by atoms with E-state index in [0.29, 0.717) is 25.1 Å². The number of ether oxygens (including phenoxy) is 1. The predicted octanol–water partition coefficient (Wildman–Crippen LogP) is 3.69. The zero-order valence-electron chi connectivity index (χ0n) is 14.8. The van der Waals surface area contributed by atoms with Crippen molar-refractivity contribution in [1.82, 2.24) is 4.90 Å². The third-order valence-electron chi connectivity index (χ3n) is 5.50. The Kier molecular flexibility index (Phi) is 5.18. The molecule has 2 atom stereocenters. The fraction of sp³-hybridized carbons (Fsp3) is 0.429. The van der Waals surface area contributed by atoms with Crippen LogP contribution >= 0.6 is 0 Å². The lowest BCUT2D eigenvalue weighted by molar-refractivity contribution is 0.0705. The first-order valence-corrected chi connectivity index (χ1v) is 9.26. The first kappa shape index (κ1) is 17.4. The topological polar surface area (TPSA) is 15.7 Å². The Labute approximate surface area is 153 Å². The van der Waals surface area contributed by atoms with Crippen LogP contribution in [0, 0.1) is 17.6 Å². The molecule has 4 rings (SSSR count). The van der Waals surface area contributed by atoms with Crippen LogP contribution < -0.4 is 4.90 Å². The summed E-state index contributed by atoms with van der Waals surface area (Å²) in [7, 11) is 0. The fourth-order valence-electron chi connectivity index (χ4n) is 4.20. The number of piperidine rings is 1. The molecule has 0 unspecified atom stereocenters.